The maximum atomic E-state index is 12.0. The summed E-state index contributed by atoms with van der Waals surface area (Å²) in [6, 6.07) is 5.76. The van der Waals surface area contributed by atoms with Gasteiger partial charge in [-0.05, 0) is 51.8 Å². The normalized spacial score (nSPS) is 12.9. The number of aryl methyl sites for hydroxylation is 1. The van der Waals surface area contributed by atoms with Crippen molar-refractivity contribution < 1.29 is 9.53 Å². The predicted octanol–water partition coefficient (Wildman–Crippen LogP) is 3.51. The zero-order chi connectivity index (χ0) is 14.8. The maximum absolute atomic E-state index is 12.0. The van der Waals surface area contributed by atoms with Gasteiger partial charge < -0.3 is 15.4 Å². The second-order valence-electron chi connectivity index (χ2n) is 5.88. The number of amides is 1. The summed E-state index contributed by atoms with van der Waals surface area (Å²) < 4.78 is 5.35. The van der Waals surface area contributed by atoms with Gasteiger partial charge in [-0.3, -0.25) is 0 Å². The van der Waals surface area contributed by atoms with Gasteiger partial charge in [-0.2, -0.15) is 0 Å². The van der Waals surface area contributed by atoms with E-state index in [9.17, 15) is 4.79 Å². The van der Waals surface area contributed by atoms with Crippen LogP contribution in [0.3, 0.4) is 0 Å². The summed E-state index contributed by atoms with van der Waals surface area (Å²) in [6.45, 7) is 9.48. The Morgan fingerprint density at radius 3 is 2.42 bits per heavy atom. The van der Waals surface area contributed by atoms with Gasteiger partial charge in [0, 0.05) is 12.7 Å². The molecule has 0 bridgehead atoms. The second kappa shape index (κ2) is 5.51. The summed E-state index contributed by atoms with van der Waals surface area (Å²) in [4.78, 5) is 13.6. The first-order chi connectivity index (χ1) is 8.61. The lowest BCUT2D eigenvalue weighted by molar-refractivity contribution is 0.0234. The average Bonchev–Trinajstić information content (AvgIpc) is 2.28. The average molecular weight is 264 g/mol. The zero-order valence-corrected chi connectivity index (χ0v) is 12.7. The molecular weight excluding hydrogens is 240 g/mol. The van der Waals surface area contributed by atoms with Gasteiger partial charge in [0.2, 0.25) is 0 Å². The molecule has 0 fully saturated rings. The highest BCUT2D eigenvalue weighted by atomic mass is 16.6. The molecular formula is C15H24N2O2. The molecule has 0 aliphatic heterocycles. The third-order valence-corrected chi connectivity index (χ3v) is 3.05. The van der Waals surface area contributed by atoms with Crippen LogP contribution in [-0.4, -0.2) is 23.6 Å². The smallest absolute Gasteiger partial charge is 0.410 e. The van der Waals surface area contributed by atoms with Gasteiger partial charge in [0.05, 0.1) is 6.04 Å². The second-order valence-corrected chi connectivity index (χ2v) is 5.88. The minimum atomic E-state index is -0.489. The Morgan fingerprint density at radius 2 is 1.95 bits per heavy atom. The molecule has 1 amide bonds. The summed E-state index contributed by atoms with van der Waals surface area (Å²) in [5.74, 6) is 0. The monoisotopic (exact) mass is 264 g/mol. The first kappa shape index (κ1) is 15.3. The lowest BCUT2D eigenvalue weighted by atomic mass is 10.0. The molecule has 0 spiro atoms. The minimum Gasteiger partial charge on any atom is -0.444 e. The molecule has 19 heavy (non-hydrogen) atoms. The molecule has 1 atom stereocenters. The number of benzene rings is 1. The van der Waals surface area contributed by atoms with Crippen molar-refractivity contribution in [3.8, 4) is 0 Å². The van der Waals surface area contributed by atoms with Crippen molar-refractivity contribution >= 4 is 11.8 Å². The molecule has 1 aromatic rings. The number of rotatable bonds is 2. The van der Waals surface area contributed by atoms with Gasteiger partial charge in [0.1, 0.15) is 5.60 Å². The van der Waals surface area contributed by atoms with Crippen LogP contribution in [0.2, 0.25) is 0 Å². The summed E-state index contributed by atoms with van der Waals surface area (Å²) in [5.41, 5.74) is 8.19. The highest BCUT2D eigenvalue weighted by molar-refractivity contribution is 5.68. The molecule has 4 nitrogen and oxygen atoms in total. The third-order valence-electron chi connectivity index (χ3n) is 3.05. The van der Waals surface area contributed by atoms with Gasteiger partial charge in [0.25, 0.3) is 0 Å². The highest BCUT2D eigenvalue weighted by Gasteiger charge is 2.23. The Hall–Kier alpha value is -1.71. The first-order valence-electron chi connectivity index (χ1n) is 6.43. The minimum absolute atomic E-state index is 0.0854. The SMILES string of the molecule is Cc1ccc([C@@H](C)N(C)C(=O)OC(C)(C)C)cc1N. The van der Waals surface area contributed by atoms with Crippen LogP contribution in [0.1, 0.15) is 44.9 Å². The molecule has 1 aromatic carbocycles. The van der Waals surface area contributed by atoms with Gasteiger partial charge >= 0.3 is 6.09 Å². The fourth-order valence-electron chi connectivity index (χ4n) is 1.63. The van der Waals surface area contributed by atoms with Crippen LogP contribution in [0.15, 0.2) is 18.2 Å². The summed E-state index contributed by atoms with van der Waals surface area (Å²) >= 11 is 0. The van der Waals surface area contributed by atoms with E-state index < -0.39 is 5.60 Å². The van der Waals surface area contributed by atoms with E-state index >= 15 is 0 Å². The van der Waals surface area contributed by atoms with Crippen molar-refractivity contribution in [1.29, 1.82) is 0 Å². The van der Waals surface area contributed by atoms with E-state index in [1.54, 1.807) is 11.9 Å². The summed E-state index contributed by atoms with van der Waals surface area (Å²) in [7, 11) is 1.73. The third kappa shape index (κ3) is 4.16. The van der Waals surface area contributed by atoms with Gasteiger partial charge in [0.15, 0.2) is 0 Å². The standard InChI is InChI=1S/C15H24N2O2/c1-10-7-8-12(9-13(10)16)11(2)17(6)14(18)19-15(3,4)5/h7-9,11H,16H2,1-6H3/t11-/m1/s1. The lowest BCUT2D eigenvalue weighted by Crippen LogP contribution is -2.35. The van der Waals surface area contributed by atoms with Gasteiger partial charge in [-0.1, -0.05) is 12.1 Å². The molecule has 0 aliphatic carbocycles. The van der Waals surface area contributed by atoms with Crippen LogP contribution in [0.25, 0.3) is 0 Å². The van der Waals surface area contributed by atoms with Crippen molar-refractivity contribution in [2.75, 3.05) is 12.8 Å². The predicted molar refractivity (Wildman–Crippen MR) is 78.0 cm³/mol. The van der Waals surface area contributed by atoms with E-state index in [1.165, 1.54) is 0 Å². The Morgan fingerprint density at radius 1 is 1.37 bits per heavy atom. The lowest BCUT2D eigenvalue weighted by Gasteiger charge is -2.29. The number of carbonyl (C=O) groups excluding carboxylic acids is 1. The fourth-order valence-corrected chi connectivity index (χ4v) is 1.63. The number of hydrogen-bond donors (Lipinski definition) is 1. The summed E-state index contributed by atoms with van der Waals surface area (Å²) in [6.07, 6.45) is -0.334. The molecule has 0 aromatic heterocycles. The van der Waals surface area contributed by atoms with Gasteiger partial charge in [-0.15, -0.1) is 0 Å². The van der Waals surface area contributed by atoms with Crippen LogP contribution in [-0.2, 0) is 4.74 Å². The number of nitrogens with zero attached hydrogens (tertiary/aromatic N) is 1. The Labute approximate surface area is 115 Å². The zero-order valence-electron chi connectivity index (χ0n) is 12.7. The maximum Gasteiger partial charge on any atom is 0.410 e. The Balaban J connectivity index is 2.84. The fraction of sp³-hybridized carbons (Fsp3) is 0.533. The molecule has 0 aliphatic rings. The Kier molecular flexibility index (Phi) is 4.45. The van der Waals surface area contributed by atoms with Crippen molar-refractivity contribution in [1.82, 2.24) is 4.90 Å². The number of carbonyl (C=O) groups is 1. The van der Waals surface area contributed by atoms with Gasteiger partial charge in [-0.25, -0.2) is 4.79 Å². The van der Waals surface area contributed by atoms with Crippen molar-refractivity contribution in [3.63, 3.8) is 0 Å². The van der Waals surface area contributed by atoms with Crippen LogP contribution >= 0.6 is 0 Å². The van der Waals surface area contributed by atoms with Crippen LogP contribution in [0, 0.1) is 6.92 Å². The number of hydrogen-bond acceptors (Lipinski definition) is 3. The quantitative estimate of drug-likeness (QED) is 0.832. The van der Waals surface area contributed by atoms with Crippen molar-refractivity contribution in [3.05, 3.63) is 29.3 Å². The molecule has 2 N–H and O–H groups in total. The molecule has 106 valence electrons. The topological polar surface area (TPSA) is 55.6 Å². The van der Waals surface area contributed by atoms with Crippen LogP contribution in [0.5, 0.6) is 0 Å². The van der Waals surface area contributed by atoms with E-state index in [2.05, 4.69) is 0 Å². The first-order valence-corrected chi connectivity index (χ1v) is 6.43. The summed E-state index contributed by atoms with van der Waals surface area (Å²) in [5, 5.41) is 0. The molecule has 0 heterocycles. The molecule has 4 heteroatoms. The largest absolute Gasteiger partial charge is 0.444 e. The molecule has 1 rings (SSSR count). The van der Waals surface area contributed by atoms with Crippen molar-refractivity contribution in [2.45, 2.75) is 46.3 Å². The van der Waals surface area contributed by atoms with Crippen LogP contribution in [0.4, 0.5) is 10.5 Å². The Bertz CT molecular complexity index is 464. The molecule has 0 unspecified atom stereocenters. The molecule has 0 saturated heterocycles. The molecule has 0 saturated carbocycles. The molecule has 0 radical (unpaired) electrons. The number of nitrogens with two attached hydrogens (primary N) is 1. The van der Waals surface area contributed by atoms with Crippen molar-refractivity contribution in [2.24, 2.45) is 0 Å². The van der Waals surface area contributed by atoms with E-state index in [1.807, 2.05) is 52.8 Å². The van der Waals surface area contributed by atoms with Crippen LogP contribution < -0.4 is 5.73 Å². The highest BCUT2D eigenvalue weighted by Crippen LogP contribution is 2.24. The number of ether oxygens (including phenoxy) is 1. The van der Waals surface area contributed by atoms with E-state index in [0.29, 0.717) is 0 Å². The van der Waals surface area contributed by atoms with E-state index in [4.69, 9.17) is 10.5 Å². The van der Waals surface area contributed by atoms with E-state index in [0.717, 1.165) is 16.8 Å². The number of anilines is 1. The van der Waals surface area contributed by atoms with E-state index in [-0.39, 0.29) is 12.1 Å². The number of nitrogen functional groups attached to an aromatic ring is 1.